The number of hydrogen-bond donors (Lipinski definition) is 3. The summed E-state index contributed by atoms with van der Waals surface area (Å²) in [7, 11) is 0. The van der Waals surface area contributed by atoms with E-state index in [1.54, 1.807) is 24.3 Å². The molecule has 0 aromatic heterocycles. The first-order valence-corrected chi connectivity index (χ1v) is 6.86. The number of nitrogens with one attached hydrogen (secondary N) is 2. The van der Waals surface area contributed by atoms with E-state index in [2.05, 4.69) is 10.6 Å². The minimum absolute atomic E-state index is 0.0293. The Kier molecular flexibility index (Phi) is 6.18. The maximum atomic E-state index is 11.8. The Bertz CT molecular complexity index is 455. The number of rotatable bonds is 6. The van der Waals surface area contributed by atoms with E-state index in [4.69, 9.17) is 5.73 Å². The minimum atomic E-state index is -0.111. The van der Waals surface area contributed by atoms with Gasteiger partial charge in [-0.1, -0.05) is 20.8 Å². The fraction of sp³-hybridized carbons (Fsp3) is 0.467. The zero-order valence-corrected chi connectivity index (χ0v) is 12.3. The lowest BCUT2D eigenvalue weighted by atomic mass is 10.1. The number of carbonyl (C=O) groups excluding carboxylic acids is 2. The van der Waals surface area contributed by atoms with Crippen LogP contribution in [0.1, 0.15) is 27.2 Å². The molecule has 0 radical (unpaired) electrons. The molecule has 0 spiro atoms. The Morgan fingerprint density at radius 1 is 1.00 bits per heavy atom. The van der Waals surface area contributed by atoms with Gasteiger partial charge in [0.05, 0.1) is 0 Å². The van der Waals surface area contributed by atoms with Gasteiger partial charge in [-0.2, -0.15) is 0 Å². The molecule has 0 aliphatic heterocycles. The van der Waals surface area contributed by atoms with Crippen LogP contribution in [0.25, 0.3) is 0 Å². The molecule has 0 saturated carbocycles. The van der Waals surface area contributed by atoms with Crippen molar-refractivity contribution in [2.45, 2.75) is 27.2 Å². The van der Waals surface area contributed by atoms with Gasteiger partial charge in [-0.15, -0.1) is 0 Å². The lowest BCUT2D eigenvalue weighted by molar-refractivity contribution is -0.120. The molecule has 110 valence electrons. The summed E-state index contributed by atoms with van der Waals surface area (Å²) in [6.45, 7) is 6.01. The van der Waals surface area contributed by atoms with Gasteiger partial charge in [0.1, 0.15) is 0 Å². The van der Waals surface area contributed by atoms with Crippen molar-refractivity contribution < 1.29 is 9.59 Å². The van der Waals surface area contributed by atoms with Gasteiger partial charge in [-0.3, -0.25) is 9.59 Å². The Balaban J connectivity index is 2.58. The molecular weight excluding hydrogens is 254 g/mol. The molecule has 0 fully saturated rings. The van der Waals surface area contributed by atoms with Crippen molar-refractivity contribution >= 4 is 23.2 Å². The number of carbonyl (C=O) groups is 2. The quantitative estimate of drug-likeness (QED) is 0.745. The number of anilines is 2. The van der Waals surface area contributed by atoms with Crippen molar-refractivity contribution in [1.82, 2.24) is 0 Å². The molecular formula is C15H23N3O2. The molecule has 1 aromatic rings. The molecule has 0 aliphatic carbocycles. The smallest absolute Gasteiger partial charge is 0.227 e. The molecule has 1 atom stereocenters. The monoisotopic (exact) mass is 277 g/mol. The van der Waals surface area contributed by atoms with Crippen LogP contribution in [0.2, 0.25) is 0 Å². The van der Waals surface area contributed by atoms with E-state index in [-0.39, 0.29) is 23.7 Å². The summed E-state index contributed by atoms with van der Waals surface area (Å²) in [5.41, 5.74) is 6.86. The maximum Gasteiger partial charge on any atom is 0.227 e. The summed E-state index contributed by atoms with van der Waals surface area (Å²) in [4.78, 5) is 23.4. The highest BCUT2D eigenvalue weighted by molar-refractivity contribution is 5.94. The van der Waals surface area contributed by atoms with Crippen LogP contribution >= 0.6 is 0 Å². The Hall–Kier alpha value is -1.88. The first-order valence-electron chi connectivity index (χ1n) is 6.86. The van der Waals surface area contributed by atoms with E-state index in [1.807, 2.05) is 20.8 Å². The van der Waals surface area contributed by atoms with Crippen LogP contribution in [0.5, 0.6) is 0 Å². The third-order valence-corrected chi connectivity index (χ3v) is 2.99. The second kappa shape index (κ2) is 7.65. The molecule has 5 nitrogen and oxygen atoms in total. The summed E-state index contributed by atoms with van der Waals surface area (Å²) in [6, 6.07) is 7.07. The summed E-state index contributed by atoms with van der Waals surface area (Å²) < 4.78 is 0. The summed E-state index contributed by atoms with van der Waals surface area (Å²) >= 11 is 0. The second-order valence-electron chi connectivity index (χ2n) is 5.19. The van der Waals surface area contributed by atoms with Crippen LogP contribution < -0.4 is 16.4 Å². The van der Waals surface area contributed by atoms with E-state index in [0.29, 0.717) is 18.7 Å². The van der Waals surface area contributed by atoms with Gasteiger partial charge in [0.15, 0.2) is 0 Å². The van der Waals surface area contributed by atoms with E-state index in [9.17, 15) is 9.59 Å². The van der Waals surface area contributed by atoms with Crippen LogP contribution in [0.15, 0.2) is 24.3 Å². The van der Waals surface area contributed by atoms with E-state index in [1.165, 1.54) is 0 Å². The van der Waals surface area contributed by atoms with Crippen LogP contribution in [0.4, 0.5) is 11.4 Å². The minimum Gasteiger partial charge on any atom is -0.330 e. The average Bonchev–Trinajstić information content (AvgIpc) is 2.41. The fourth-order valence-electron chi connectivity index (χ4n) is 1.57. The Morgan fingerprint density at radius 3 is 1.85 bits per heavy atom. The Morgan fingerprint density at radius 2 is 1.45 bits per heavy atom. The molecule has 2 amide bonds. The standard InChI is InChI=1S/C15H23N3O2/c1-10(2)14(19)17-12-4-6-13(7-5-12)18-15(20)11(3)8-9-16/h4-7,10-11H,8-9,16H2,1-3H3,(H,17,19)(H,18,20). The average molecular weight is 277 g/mol. The number of amides is 2. The van der Waals surface area contributed by atoms with Crippen LogP contribution in [-0.4, -0.2) is 18.4 Å². The lowest BCUT2D eigenvalue weighted by Gasteiger charge is -2.12. The van der Waals surface area contributed by atoms with Crippen molar-refractivity contribution in [2.24, 2.45) is 17.6 Å². The van der Waals surface area contributed by atoms with E-state index < -0.39 is 0 Å². The van der Waals surface area contributed by atoms with Crippen LogP contribution in [-0.2, 0) is 9.59 Å². The first kappa shape index (κ1) is 16.2. The van der Waals surface area contributed by atoms with Crippen molar-refractivity contribution in [3.05, 3.63) is 24.3 Å². The van der Waals surface area contributed by atoms with Gasteiger partial charge in [-0.25, -0.2) is 0 Å². The molecule has 1 aromatic carbocycles. The van der Waals surface area contributed by atoms with Gasteiger partial charge in [-0.05, 0) is 37.2 Å². The third kappa shape index (κ3) is 5.01. The zero-order valence-electron chi connectivity index (χ0n) is 12.3. The van der Waals surface area contributed by atoms with Crippen molar-refractivity contribution in [3.8, 4) is 0 Å². The highest BCUT2D eigenvalue weighted by atomic mass is 16.2. The lowest BCUT2D eigenvalue weighted by Crippen LogP contribution is -2.22. The summed E-state index contributed by atoms with van der Waals surface area (Å²) in [6.07, 6.45) is 0.661. The van der Waals surface area contributed by atoms with Gasteiger partial charge >= 0.3 is 0 Å². The van der Waals surface area contributed by atoms with Crippen LogP contribution in [0, 0.1) is 11.8 Å². The van der Waals surface area contributed by atoms with Crippen molar-refractivity contribution in [3.63, 3.8) is 0 Å². The SMILES string of the molecule is CC(C)C(=O)Nc1ccc(NC(=O)C(C)CCN)cc1. The molecule has 1 unspecified atom stereocenters. The van der Waals surface area contributed by atoms with Gasteiger partial charge in [0, 0.05) is 23.2 Å². The highest BCUT2D eigenvalue weighted by Crippen LogP contribution is 2.15. The normalized spacial score (nSPS) is 12.1. The molecule has 4 N–H and O–H groups in total. The first-order chi connectivity index (χ1) is 9.43. The molecule has 0 bridgehead atoms. The van der Waals surface area contributed by atoms with E-state index >= 15 is 0 Å². The van der Waals surface area contributed by atoms with E-state index in [0.717, 1.165) is 5.69 Å². The molecule has 5 heteroatoms. The molecule has 0 saturated heterocycles. The predicted molar refractivity (Wildman–Crippen MR) is 81.4 cm³/mol. The van der Waals surface area contributed by atoms with Crippen molar-refractivity contribution in [2.75, 3.05) is 17.2 Å². The topological polar surface area (TPSA) is 84.2 Å². The van der Waals surface area contributed by atoms with Crippen molar-refractivity contribution in [1.29, 1.82) is 0 Å². The highest BCUT2D eigenvalue weighted by Gasteiger charge is 2.12. The molecule has 1 rings (SSSR count). The summed E-state index contributed by atoms with van der Waals surface area (Å²) in [5, 5.41) is 5.62. The van der Waals surface area contributed by atoms with Gasteiger partial charge < -0.3 is 16.4 Å². The largest absolute Gasteiger partial charge is 0.330 e. The second-order valence-corrected chi connectivity index (χ2v) is 5.19. The van der Waals surface area contributed by atoms with Gasteiger partial charge in [0.25, 0.3) is 0 Å². The third-order valence-electron chi connectivity index (χ3n) is 2.99. The fourth-order valence-corrected chi connectivity index (χ4v) is 1.57. The maximum absolute atomic E-state index is 11.8. The number of benzene rings is 1. The van der Waals surface area contributed by atoms with Gasteiger partial charge in [0.2, 0.25) is 11.8 Å². The molecule has 0 aliphatic rings. The molecule has 0 heterocycles. The summed E-state index contributed by atoms with van der Waals surface area (Å²) in [5.74, 6) is -0.250. The molecule has 20 heavy (non-hydrogen) atoms. The number of hydrogen-bond acceptors (Lipinski definition) is 3. The number of nitrogens with two attached hydrogens (primary N) is 1. The Labute approximate surface area is 119 Å². The van der Waals surface area contributed by atoms with Crippen LogP contribution in [0.3, 0.4) is 0 Å². The zero-order chi connectivity index (χ0) is 15.1. The predicted octanol–water partition coefficient (Wildman–Crippen LogP) is 2.20.